The summed E-state index contributed by atoms with van der Waals surface area (Å²) < 4.78 is 0. The number of aliphatic hydroxyl groups is 4. The van der Waals surface area contributed by atoms with Crippen LogP contribution in [0.1, 0.15) is 354 Å². The molecule has 0 aliphatic heterocycles. The van der Waals surface area contributed by atoms with Gasteiger partial charge < -0.3 is 25.7 Å². The number of unbranched alkanes of at least 4 members (excludes halogenated alkanes) is 47. The molecular formula is C65H127NO5. The molecular weight excluding hydrogens is 875 g/mol. The lowest BCUT2D eigenvalue weighted by Crippen LogP contribution is -2.53. The summed E-state index contributed by atoms with van der Waals surface area (Å²) in [5.41, 5.74) is 0. The van der Waals surface area contributed by atoms with Gasteiger partial charge in [-0.1, -0.05) is 314 Å². The van der Waals surface area contributed by atoms with E-state index in [4.69, 9.17) is 0 Å². The van der Waals surface area contributed by atoms with Crippen molar-refractivity contribution in [2.45, 2.75) is 379 Å². The first kappa shape index (κ1) is 69.8. The number of carbonyl (C=O) groups excluding carboxylic acids is 1. The summed E-state index contributed by atoms with van der Waals surface area (Å²) in [5.74, 6) is -0.590. The molecule has 0 radical (unpaired) electrons. The Bertz CT molecular complexity index is 1080. The minimum absolute atomic E-state index is 0.363. The van der Waals surface area contributed by atoms with Crippen LogP contribution in [0, 0.1) is 0 Å². The van der Waals surface area contributed by atoms with Gasteiger partial charge in [0, 0.05) is 0 Å². The molecule has 5 N–H and O–H groups in total. The Morgan fingerprint density at radius 2 is 0.577 bits per heavy atom. The summed E-state index contributed by atoms with van der Waals surface area (Å²) in [4.78, 5) is 12.6. The third kappa shape index (κ3) is 53.4. The fourth-order valence-corrected chi connectivity index (χ4v) is 10.3. The molecule has 0 aromatic heterocycles. The van der Waals surface area contributed by atoms with Gasteiger partial charge in [-0.05, 0) is 64.2 Å². The Morgan fingerprint density at radius 3 is 0.845 bits per heavy atom. The van der Waals surface area contributed by atoms with Crippen molar-refractivity contribution >= 4 is 5.91 Å². The third-order valence-electron chi connectivity index (χ3n) is 15.4. The summed E-state index contributed by atoms with van der Waals surface area (Å²) in [7, 11) is 0. The molecule has 4 atom stereocenters. The standard InChI is InChI=1S/C65H127NO5/c1-3-5-7-9-11-13-15-17-19-21-23-25-27-29-30-31-32-33-35-36-38-40-42-44-46-48-50-52-54-56-58-62(68)64(70)61(60-67)66-65(71)63(69)59-57-55-53-51-49-47-45-43-41-39-37-34-28-26-24-22-20-18-16-14-12-10-8-6-4-2/h34,37,50,52,61-64,67-70H,3-33,35-36,38-49,51,53-60H2,1-2H3,(H,66,71)/b37-34-,52-50+. The van der Waals surface area contributed by atoms with E-state index in [-0.39, 0.29) is 0 Å². The Hall–Kier alpha value is -1.21. The highest BCUT2D eigenvalue weighted by Gasteiger charge is 2.28. The first-order valence-corrected chi connectivity index (χ1v) is 32.2. The smallest absolute Gasteiger partial charge is 0.249 e. The van der Waals surface area contributed by atoms with Crippen LogP contribution in [-0.2, 0) is 4.79 Å². The van der Waals surface area contributed by atoms with Crippen LogP contribution in [0.25, 0.3) is 0 Å². The van der Waals surface area contributed by atoms with Crippen LogP contribution < -0.4 is 5.32 Å². The highest BCUT2D eigenvalue weighted by atomic mass is 16.3. The van der Waals surface area contributed by atoms with Crippen molar-refractivity contribution in [2.75, 3.05) is 6.61 Å². The summed E-state index contributed by atoms with van der Waals surface area (Å²) in [5, 5.41) is 44.1. The second kappa shape index (κ2) is 59.7. The average molecular weight is 1000 g/mol. The molecule has 0 heterocycles. The molecule has 4 unspecified atom stereocenters. The molecule has 0 saturated heterocycles. The van der Waals surface area contributed by atoms with Crippen molar-refractivity contribution in [3.05, 3.63) is 24.3 Å². The number of hydrogen-bond donors (Lipinski definition) is 5. The van der Waals surface area contributed by atoms with Gasteiger partial charge in [0.1, 0.15) is 12.2 Å². The van der Waals surface area contributed by atoms with Crippen LogP contribution in [0.2, 0.25) is 0 Å². The second-order valence-electron chi connectivity index (χ2n) is 22.5. The molecule has 0 aliphatic rings. The van der Waals surface area contributed by atoms with Gasteiger partial charge in [0.15, 0.2) is 0 Å². The molecule has 1 amide bonds. The zero-order chi connectivity index (χ0) is 51.6. The van der Waals surface area contributed by atoms with E-state index in [0.717, 1.165) is 38.5 Å². The van der Waals surface area contributed by atoms with Gasteiger partial charge in [-0.25, -0.2) is 0 Å². The molecule has 6 heteroatoms. The van der Waals surface area contributed by atoms with Gasteiger partial charge in [-0.3, -0.25) is 4.79 Å². The van der Waals surface area contributed by atoms with Crippen LogP contribution in [0.3, 0.4) is 0 Å². The van der Waals surface area contributed by atoms with Crippen molar-refractivity contribution in [2.24, 2.45) is 0 Å². The predicted molar refractivity (Wildman–Crippen MR) is 311 cm³/mol. The Balaban J connectivity index is 3.60. The highest BCUT2D eigenvalue weighted by Crippen LogP contribution is 2.19. The number of amides is 1. The molecule has 0 rings (SSSR count). The van der Waals surface area contributed by atoms with Crippen LogP contribution in [-0.4, -0.2) is 57.3 Å². The lowest BCUT2D eigenvalue weighted by atomic mass is 10.00. The first-order chi connectivity index (χ1) is 35.0. The lowest BCUT2D eigenvalue weighted by Gasteiger charge is -2.27. The largest absolute Gasteiger partial charge is 0.394 e. The fourth-order valence-electron chi connectivity index (χ4n) is 10.3. The van der Waals surface area contributed by atoms with Gasteiger partial charge >= 0.3 is 0 Å². The Morgan fingerprint density at radius 1 is 0.338 bits per heavy atom. The van der Waals surface area contributed by atoms with Crippen LogP contribution in [0.5, 0.6) is 0 Å². The van der Waals surface area contributed by atoms with E-state index in [1.54, 1.807) is 0 Å². The van der Waals surface area contributed by atoms with E-state index < -0.39 is 36.9 Å². The topological polar surface area (TPSA) is 110 Å². The van der Waals surface area contributed by atoms with E-state index in [9.17, 15) is 25.2 Å². The summed E-state index contributed by atoms with van der Waals surface area (Å²) in [6.45, 7) is 4.09. The highest BCUT2D eigenvalue weighted by molar-refractivity contribution is 5.80. The molecule has 0 aromatic rings. The maximum absolute atomic E-state index is 12.6. The number of allylic oxidation sites excluding steroid dienone is 4. The predicted octanol–water partition coefficient (Wildman–Crippen LogP) is 19.4. The number of hydrogen-bond acceptors (Lipinski definition) is 5. The van der Waals surface area contributed by atoms with E-state index >= 15 is 0 Å². The van der Waals surface area contributed by atoms with Gasteiger partial charge in [0.2, 0.25) is 5.91 Å². The first-order valence-electron chi connectivity index (χ1n) is 32.2. The number of aliphatic hydroxyl groups excluding tert-OH is 4. The molecule has 0 spiro atoms. The quantitative estimate of drug-likeness (QED) is 0.0308. The molecule has 0 saturated carbocycles. The molecule has 71 heavy (non-hydrogen) atoms. The zero-order valence-corrected chi connectivity index (χ0v) is 48.0. The fraction of sp³-hybridized carbons (Fsp3) is 0.923. The third-order valence-corrected chi connectivity index (χ3v) is 15.4. The lowest BCUT2D eigenvalue weighted by molar-refractivity contribution is -0.132. The summed E-state index contributed by atoms with van der Waals surface area (Å²) >= 11 is 0. The van der Waals surface area contributed by atoms with E-state index in [1.165, 1.54) is 289 Å². The van der Waals surface area contributed by atoms with Crippen LogP contribution >= 0.6 is 0 Å². The maximum atomic E-state index is 12.6. The number of carbonyl (C=O) groups is 1. The minimum atomic E-state index is -1.28. The maximum Gasteiger partial charge on any atom is 0.249 e. The van der Waals surface area contributed by atoms with E-state index in [2.05, 4.69) is 43.5 Å². The Kier molecular flexibility index (Phi) is 58.6. The second-order valence-corrected chi connectivity index (χ2v) is 22.5. The van der Waals surface area contributed by atoms with E-state index in [0.29, 0.717) is 12.8 Å². The molecule has 6 nitrogen and oxygen atoms in total. The van der Waals surface area contributed by atoms with Crippen LogP contribution in [0.4, 0.5) is 0 Å². The van der Waals surface area contributed by atoms with Crippen molar-refractivity contribution < 1.29 is 25.2 Å². The van der Waals surface area contributed by atoms with Gasteiger partial charge in [0.25, 0.3) is 0 Å². The molecule has 0 aromatic carbocycles. The van der Waals surface area contributed by atoms with Crippen LogP contribution in [0.15, 0.2) is 24.3 Å². The SMILES string of the molecule is CCCCCCCCCCCCCC/C=C\CCCCCCCCCCCC(O)C(=O)NC(CO)C(O)C(O)CCC/C=C/CCCCCCCCCCCCCCCCCCCCCCCCCCC. The normalized spacial score (nSPS) is 13.7. The monoisotopic (exact) mass is 1000 g/mol. The van der Waals surface area contributed by atoms with Gasteiger partial charge in [-0.2, -0.15) is 0 Å². The number of nitrogens with one attached hydrogen (secondary N) is 1. The van der Waals surface area contributed by atoms with Gasteiger partial charge in [0.05, 0.1) is 18.8 Å². The summed E-state index contributed by atoms with van der Waals surface area (Å²) in [6.07, 6.45) is 74.3. The van der Waals surface area contributed by atoms with E-state index in [1.807, 2.05) is 0 Å². The molecule has 0 bridgehead atoms. The minimum Gasteiger partial charge on any atom is -0.394 e. The van der Waals surface area contributed by atoms with Gasteiger partial charge in [-0.15, -0.1) is 0 Å². The van der Waals surface area contributed by atoms with Crippen molar-refractivity contribution in [1.29, 1.82) is 0 Å². The van der Waals surface area contributed by atoms with Crippen molar-refractivity contribution in [3.63, 3.8) is 0 Å². The van der Waals surface area contributed by atoms with Crippen molar-refractivity contribution in [1.82, 2.24) is 5.32 Å². The number of rotatable bonds is 60. The molecule has 422 valence electrons. The zero-order valence-electron chi connectivity index (χ0n) is 48.0. The molecule has 0 fully saturated rings. The Labute approximate surface area is 444 Å². The van der Waals surface area contributed by atoms with Crippen molar-refractivity contribution in [3.8, 4) is 0 Å². The molecule has 0 aliphatic carbocycles. The average Bonchev–Trinajstić information content (AvgIpc) is 3.38. The summed E-state index contributed by atoms with van der Waals surface area (Å²) in [6, 6.07) is -1.00.